The number of hydrogen-bond acceptors (Lipinski definition) is 2. The molecule has 1 atom stereocenters. The molecule has 0 radical (unpaired) electrons. The fourth-order valence-electron chi connectivity index (χ4n) is 0.869. The van der Waals surface area contributed by atoms with Gasteiger partial charge in [-0.1, -0.05) is 12.6 Å². The molecular weight excluding hydrogens is 144 g/mol. The van der Waals surface area contributed by atoms with Gasteiger partial charge >= 0.3 is 0 Å². The van der Waals surface area contributed by atoms with Gasteiger partial charge in [0.1, 0.15) is 6.10 Å². The zero-order valence-electron chi connectivity index (χ0n) is 5.54. The average Bonchev–Trinajstić information content (AvgIpc) is 2.65. The molecule has 1 aliphatic heterocycles. The predicted octanol–water partition coefficient (Wildman–Crippen LogP) is 2.16. The van der Waals surface area contributed by atoms with Crippen LogP contribution in [0.1, 0.15) is 4.88 Å². The summed E-state index contributed by atoms with van der Waals surface area (Å²) in [5.41, 5.74) is 1.13. The van der Waals surface area contributed by atoms with Gasteiger partial charge < -0.3 is 4.74 Å². The molecule has 0 bridgehead atoms. The summed E-state index contributed by atoms with van der Waals surface area (Å²) >= 11 is 1.72. The highest BCUT2D eigenvalue weighted by atomic mass is 32.1. The van der Waals surface area contributed by atoms with Gasteiger partial charge in [-0.25, -0.2) is 0 Å². The van der Waals surface area contributed by atoms with Crippen molar-refractivity contribution >= 4 is 16.9 Å². The molecule has 1 saturated heterocycles. The molecule has 0 aromatic carbocycles. The van der Waals surface area contributed by atoms with Crippen molar-refractivity contribution in [1.82, 2.24) is 0 Å². The van der Waals surface area contributed by atoms with E-state index in [0.29, 0.717) is 6.10 Å². The highest BCUT2D eigenvalue weighted by Crippen LogP contribution is 2.29. The topological polar surface area (TPSA) is 12.5 Å². The second-order valence-corrected chi connectivity index (χ2v) is 3.27. The van der Waals surface area contributed by atoms with Crippen LogP contribution in [0.3, 0.4) is 0 Å². The zero-order chi connectivity index (χ0) is 6.97. The molecule has 1 aromatic rings. The fraction of sp³-hybridized carbons (Fsp3) is 0.250. The van der Waals surface area contributed by atoms with Gasteiger partial charge in [0.05, 0.1) is 6.61 Å². The highest BCUT2D eigenvalue weighted by Gasteiger charge is 2.26. The third-order valence-corrected chi connectivity index (χ3v) is 2.51. The van der Waals surface area contributed by atoms with E-state index in [1.807, 2.05) is 6.07 Å². The van der Waals surface area contributed by atoms with Crippen molar-refractivity contribution in [3.63, 3.8) is 0 Å². The van der Waals surface area contributed by atoms with Crippen molar-refractivity contribution in [2.24, 2.45) is 0 Å². The van der Waals surface area contributed by atoms with Gasteiger partial charge in [0.2, 0.25) is 0 Å². The van der Waals surface area contributed by atoms with E-state index in [0.717, 1.165) is 12.2 Å². The Labute approximate surface area is 63.9 Å². The average molecular weight is 152 g/mol. The molecule has 1 fully saturated rings. The summed E-state index contributed by atoms with van der Waals surface area (Å²) in [6, 6.07) is 4.11. The van der Waals surface area contributed by atoms with E-state index in [2.05, 4.69) is 18.0 Å². The van der Waals surface area contributed by atoms with Crippen molar-refractivity contribution < 1.29 is 4.74 Å². The Hall–Kier alpha value is -0.600. The van der Waals surface area contributed by atoms with Crippen LogP contribution in [0.25, 0.3) is 5.57 Å². The number of rotatable bonds is 2. The Bertz CT molecular complexity index is 234. The minimum absolute atomic E-state index is 0.318. The summed E-state index contributed by atoms with van der Waals surface area (Å²) in [4.78, 5) is 1.25. The van der Waals surface area contributed by atoms with Gasteiger partial charge in [-0.15, -0.1) is 11.3 Å². The van der Waals surface area contributed by atoms with Gasteiger partial charge in [0, 0.05) is 4.88 Å². The Morgan fingerprint density at radius 2 is 2.60 bits per heavy atom. The molecule has 0 spiro atoms. The van der Waals surface area contributed by atoms with Crippen LogP contribution in [0.15, 0.2) is 24.1 Å². The molecule has 0 N–H and O–H groups in total. The number of hydrogen-bond donors (Lipinski definition) is 0. The molecule has 1 unspecified atom stereocenters. The summed E-state index contributed by atoms with van der Waals surface area (Å²) in [5.74, 6) is 0. The van der Waals surface area contributed by atoms with Crippen molar-refractivity contribution in [2.45, 2.75) is 6.10 Å². The van der Waals surface area contributed by atoms with E-state index >= 15 is 0 Å². The Balaban J connectivity index is 2.19. The summed E-state index contributed by atoms with van der Waals surface area (Å²) in [7, 11) is 0. The maximum absolute atomic E-state index is 5.10. The molecule has 1 aliphatic rings. The normalized spacial score (nSPS) is 22.6. The lowest BCUT2D eigenvalue weighted by atomic mass is 10.2. The van der Waals surface area contributed by atoms with Crippen molar-refractivity contribution in [3.8, 4) is 0 Å². The molecule has 0 aliphatic carbocycles. The van der Waals surface area contributed by atoms with Gasteiger partial charge in [-0.05, 0) is 17.0 Å². The lowest BCUT2D eigenvalue weighted by Crippen LogP contribution is -1.85. The van der Waals surface area contributed by atoms with Gasteiger partial charge in [-0.3, -0.25) is 0 Å². The first-order chi connectivity index (χ1) is 4.88. The number of epoxide rings is 1. The molecule has 2 heteroatoms. The molecule has 10 heavy (non-hydrogen) atoms. The Morgan fingerprint density at radius 1 is 1.80 bits per heavy atom. The standard InChI is InChI=1S/C8H8OS/c1-6(7-5-9-7)8-3-2-4-10-8/h2-4,7H,1,5H2. The summed E-state index contributed by atoms with van der Waals surface area (Å²) in [5, 5.41) is 2.06. The summed E-state index contributed by atoms with van der Waals surface area (Å²) in [6.45, 7) is 4.80. The van der Waals surface area contributed by atoms with E-state index in [1.165, 1.54) is 4.88 Å². The molecule has 1 aromatic heterocycles. The lowest BCUT2D eigenvalue weighted by Gasteiger charge is -1.93. The van der Waals surface area contributed by atoms with Gasteiger partial charge in [0.15, 0.2) is 0 Å². The molecule has 2 rings (SSSR count). The van der Waals surface area contributed by atoms with Crippen LogP contribution in [0, 0.1) is 0 Å². The molecular formula is C8H8OS. The maximum Gasteiger partial charge on any atom is 0.107 e. The molecule has 1 nitrogen and oxygen atoms in total. The van der Waals surface area contributed by atoms with Crippen LogP contribution in [0.4, 0.5) is 0 Å². The third kappa shape index (κ3) is 1.00. The first-order valence-electron chi connectivity index (χ1n) is 3.22. The van der Waals surface area contributed by atoms with Crippen LogP contribution < -0.4 is 0 Å². The summed E-state index contributed by atoms with van der Waals surface area (Å²) in [6.07, 6.45) is 0.318. The minimum atomic E-state index is 0.318. The first kappa shape index (κ1) is 6.13. The third-order valence-electron chi connectivity index (χ3n) is 1.56. The monoisotopic (exact) mass is 152 g/mol. The van der Waals surface area contributed by atoms with E-state index in [1.54, 1.807) is 11.3 Å². The second kappa shape index (κ2) is 2.22. The lowest BCUT2D eigenvalue weighted by molar-refractivity contribution is 0.445. The number of thiophene rings is 1. The summed E-state index contributed by atoms with van der Waals surface area (Å²) < 4.78 is 5.10. The van der Waals surface area contributed by atoms with Crippen molar-refractivity contribution in [1.29, 1.82) is 0 Å². The zero-order valence-corrected chi connectivity index (χ0v) is 6.36. The number of ether oxygens (including phenoxy) is 1. The van der Waals surface area contributed by atoms with Crippen molar-refractivity contribution in [3.05, 3.63) is 29.0 Å². The van der Waals surface area contributed by atoms with Gasteiger partial charge in [0.25, 0.3) is 0 Å². The van der Waals surface area contributed by atoms with Crippen LogP contribution in [-0.4, -0.2) is 12.7 Å². The van der Waals surface area contributed by atoms with E-state index < -0.39 is 0 Å². The van der Waals surface area contributed by atoms with Crippen molar-refractivity contribution in [2.75, 3.05) is 6.61 Å². The Morgan fingerprint density at radius 3 is 3.10 bits per heavy atom. The second-order valence-electron chi connectivity index (χ2n) is 2.32. The largest absolute Gasteiger partial charge is 0.368 e. The molecule has 0 saturated carbocycles. The van der Waals surface area contributed by atoms with Crippen LogP contribution >= 0.6 is 11.3 Å². The fourth-order valence-corrected chi connectivity index (χ4v) is 1.61. The molecule has 0 amide bonds. The van der Waals surface area contributed by atoms with Gasteiger partial charge in [-0.2, -0.15) is 0 Å². The molecule has 2 heterocycles. The van der Waals surface area contributed by atoms with E-state index in [9.17, 15) is 0 Å². The Kier molecular flexibility index (Phi) is 1.36. The van der Waals surface area contributed by atoms with Crippen LogP contribution in [0.2, 0.25) is 0 Å². The smallest absolute Gasteiger partial charge is 0.107 e. The quantitative estimate of drug-likeness (QED) is 0.591. The predicted molar refractivity (Wildman–Crippen MR) is 43.1 cm³/mol. The highest BCUT2D eigenvalue weighted by molar-refractivity contribution is 7.11. The van der Waals surface area contributed by atoms with E-state index in [4.69, 9.17) is 4.74 Å². The molecule has 52 valence electrons. The first-order valence-corrected chi connectivity index (χ1v) is 4.10. The SMILES string of the molecule is C=C(c1cccs1)C1CO1. The minimum Gasteiger partial charge on any atom is -0.368 e. The van der Waals surface area contributed by atoms with Crippen LogP contribution in [-0.2, 0) is 4.74 Å². The van der Waals surface area contributed by atoms with Crippen LogP contribution in [0.5, 0.6) is 0 Å². The van der Waals surface area contributed by atoms with E-state index in [-0.39, 0.29) is 0 Å². The maximum atomic E-state index is 5.10.